The van der Waals surface area contributed by atoms with E-state index in [-0.39, 0.29) is 24.2 Å². The molecule has 1 aromatic carbocycles. The fraction of sp³-hybridized carbons (Fsp3) is 0.385. The first kappa shape index (κ1) is 14.5. The van der Waals surface area contributed by atoms with Crippen LogP contribution in [0, 0.1) is 6.92 Å². The molecule has 18 heavy (non-hydrogen) atoms. The number of rotatable bonds is 6. The number of aryl methyl sites for hydroxylation is 1. The highest BCUT2D eigenvalue weighted by Crippen LogP contribution is 2.03. The highest BCUT2D eigenvalue weighted by atomic mass is 35.5. The van der Waals surface area contributed by atoms with Crippen LogP contribution in [0.15, 0.2) is 24.3 Å². The van der Waals surface area contributed by atoms with E-state index in [0.717, 1.165) is 6.42 Å². The summed E-state index contributed by atoms with van der Waals surface area (Å²) in [7, 11) is 0. The molecule has 0 saturated heterocycles. The number of nitrogens with one attached hydrogen (secondary N) is 2. The van der Waals surface area contributed by atoms with E-state index in [9.17, 15) is 9.59 Å². The van der Waals surface area contributed by atoms with Gasteiger partial charge in [0.25, 0.3) is 0 Å². The summed E-state index contributed by atoms with van der Waals surface area (Å²) in [6.07, 6.45) is 0.775. The van der Waals surface area contributed by atoms with Gasteiger partial charge in [0.15, 0.2) is 0 Å². The fourth-order valence-corrected chi connectivity index (χ4v) is 1.60. The molecule has 0 aliphatic carbocycles. The number of benzene rings is 1. The molecule has 0 aliphatic heterocycles. The number of carbonyl (C=O) groups excluding carboxylic acids is 2. The Morgan fingerprint density at radius 3 is 2.67 bits per heavy atom. The van der Waals surface area contributed by atoms with Crippen molar-refractivity contribution in [2.24, 2.45) is 0 Å². The zero-order valence-electron chi connectivity index (χ0n) is 10.3. The summed E-state index contributed by atoms with van der Waals surface area (Å²) >= 11 is 5.29. The SMILES string of the molecule is Cc1cccc(CCNC(=O)CNC(=O)CCl)c1. The lowest BCUT2D eigenvalue weighted by Crippen LogP contribution is -2.38. The second-order valence-electron chi connectivity index (χ2n) is 4.00. The van der Waals surface area contributed by atoms with Gasteiger partial charge in [-0.1, -0.05) is 29.8 Å². The topological polar surface area (TPSA) is 58.2 Å². The Morgan fingerprint density at radius 2 is 2.00 bits per heavy atom. The maximum atomic E-state index is 11.4. The maximum absolute atomic E-state index is 11.4. The van der Waals surface area contributed by atoms with Crippen LogP contribution in [0.1, 0.15) is 11.1 Å². The highest BCUT2D eigenvalue weighted by Gasteiger charge is 2.03. The Morgan fingerprint density at radius 1 is 1.22 bits per heavy atom. The minimum atomic E-state index is -0.342. The fourth-order valence-electron chi connectivity index (χ4n) is 1.50. The van der Waals surface area contributed by atoms with E-state index < -0.39 is 0 Å². The molecule has 0 fully saturated rings. The van der Waals surface area contributed by atoms with E-state index in [0.29, 0.717) is 6.54 Å². The molecule has 0 aliphatic rings. The van der Waals surface area contributed by atoms with E-state index in [2.05, 4.69) is 16.7 Å². The minimum Gasteiger partial charge on any atom is -0.354 e. The molecule has 2 N–H and O–H groups in total. The van der Waals surface area contributed by atoms with Gasteiger partial charge in [-0.2, -0.15) is 0 Å². The van der Waals surface area contributed by atoms with Crippen LogP contribution < -0.4 is 10.6 Å². The second kappa shape index (κ2) is 7.71. The van der Waals surface area contributed by atoms with Gasteiger partial charge in [-0.25, -0.2) is 0 Å². The lowest BCUT2D eigenvalue weighted by atomic mass is 10.1. The molecule has 4 nitrogen and oxygen atoms in total. The summed E-state index contributed by atoms with van der Waals surface area (Å²) in [5.74, 6) is -0.678. The lowest BCUT2D eigenvalue weighted by molar-refractivity contribution is -0.124. The summed E-state index contributed by atoms with van der Waals surface area (Å²) in [4.78, 5) is 22.2. The van der Waals surface area contributed by atoms with E-state index >= 15 is 0 Å². The number of halogens is 1. The van der Waals surface area contributed by atoms with Gasteiger partial charge < -0.3 is 10.6 Å². The van der Waals surface area contributed by atoms with E-state index in [1.165, 1.54) is 11.1 Å². The van der Waals surface area contributed by atoms with Crippen molar-refractivity contribution in [3.63, 3.8) is 0 Å². The van der Waals surface area contributed by atoms with Crippen molar-refractivity contribution < 1.29 is 9.59 Å². The smallest absolute Gasteiger partial charge is 0.239 e. The summed E-state index contributed by atoms with van der Waals surface area (Å²) in [5, 5.41) is 5.14. The lowest BCUT2D eigenvalue weighted by Gasteiger charge is -2.06. The number of carbonyl (C=O) groups is 2. The average molecular weight is 269 g/mol. The molecule has 0 atom stereocenters. The van der Waals surface area contributed by atoms with Crippen molar-refractivity contribution in [3.05, 3.63) is 35.4 Å². The Bertz CT molecular complexity index is 421. The second-order valence-corrected chi connectivity index (χ2v) is 4.27. The molecule has 0 saturated carbocycles. The summed E-state index contributed by atoms with van der Waals surface area (Å²) in [6.45, 7) is 2.56. The van der Waals surface area contributed by atoms with Gasteiger partial charge in [0.05, 0.1) is 6.54 Å². The molecular formula is C13H17ClN2O2. The first-order valence-electron chi connectivity index (χ1n) is 5.76. The molecule has 5 heteroatoms. The maximum Gasteiger partial charge on any atom is 0.239 e. The molecular weight excluding hydrogens is 252 g/mol. The van der Waals surface area contributed by atoms with E-state index in [1.54, 1.807) is 0 Å². The predicted molar refractivity (Wildman–Crippen MR) is 71.6 cm³/mol. The Hall–Kier alpha value is -1.55. The third-order valence-electron chi connectivity index (χ3n) is 2.39. The molecule has 0 heterocycles. The largest absolute Gasteiger partial charge is 0.354 e. The van der Waals surface area contributed by atoms with Gasteiger partial charge in [0.1, 0.15) is 5.88 Å². The molecule has 2 amide bonds. The van der Waals surface area contributed by atoms with Gasteiger partial charge in [-0.05, 0) is 18.9 Å². The quantitative estimate of drug-likeness (QED) is 0.757. The third kappa shape index (κ3) is 5.68. The highest BCUT2D eigenvalue weighted by molar-refractivity contribution is 6.27. The van der Waals surface area contributed by atoms with Gasteiger partial charge in [-0.15, -0.1) is 11.6 Å². The van der Waals surface area contributed by atoms with Crippen LogP contribution >= 0.6 is 11.6 Å². The first-order chi connectivity index (χ1) is 8.61. The minimum absolute atomic E-state index is 0.0284. The number of hydrogen-bond acceptors (Lipinski definition) is 2. The Balaban J connectivity index is 2.21. The molecule has 1 aromatic rings. The van der Waals surface area contributed by atoms with Crippen molar-refractivity contribution in [3.8, 4) is 0 Å². The van der Waals surface area contributed by atoms with Crippen LogP contribution in [0.2, 0.25) is 0 Å². The van der Waals surface area contributed by atoms with Crippen LogP contribution in [0.4, 0.5) is 0 Å². The monoisotopic (exact) mass is 268 g/mol. The summed E-state index contributed by atoms with van der Waals surface area (Å²) in [5.41, 5.74) is 2.38. The van der Waals surface area contributed by atoms with Crippen LogP contribution in [0.3, 0.4) is 0 Å². The predicted octanol–water partition coefficient (Wildman–Crippen LogP) is 1.01. The van der Waals surface area contributed by atoms with Gasteiger partial charge >= 0.3 is 0 Å². The zero-order valence-corrected chi connectivity index (χ0v) is 11.1. The van der Waals surface area contributed by atoms with E-state index in [1.807, 2.05) is 25.1 Å². The molecule has 0 radical (unpaired) electrons. The molecule has 0 spiro atoms. The number of amides is 2. The number of hydrogen-bond donors (Lipinski definition) is 2. The van der Waals surface area contributed by atoms with Crippen molar-refractivity contribution in [2.75, 3.05) is 19.0 Å². The standard InChI is InChI=1S/C13H17ClN2O2/c1-10-3-2-4-11(7-10)5-6-15-13(18)9-16-12(17)8-14/h2-4,7H,5-6,8-9H2,1H3,(H,15,18)(H,16,17). The first-order valence-corrected chi connectivity index (χ1v) is 6.30. The van der Waals surface area contributed by atoms with Crippen LogP contribution in [0.25, 0.3) is 0 Å². The molecule has 0 aromatic heterocycles. The Labute approximate surface area is 112 Å². The van der Waals surface area contributed by atoms with Crippen LogP contribution in [0.5, 0.6) is 0 Å². The Kier molecular flexibility index (Phi) is 6.22. The number of alkyl halides is 1. The summed E-state index contributed by atoms with van der Waals surface area (Å²) in [6, 6.07) is 8.13. The zero-order chi connectivity index (χ0) is 13.4. The molecule has 1 rings (SSSR count). The molecule has 98 valence electrons. The average Bonchev–Trinajstić information content (AvgIpc) is 2.36. The van der Waals surface area contributed by atoms with Gasteiger partial charge in [-0.3, -0.25) is 9.59 Å². The van der Waals surface area contributed by atoms with Crippen molar-refractivity contribution in [2.45, 2.75) is 13.3 Å². The van der Waals surface area contributed by atoms with Crippen LogP contribution in [-0.2, 0) is 16.0 Å². The van der Waals surface area contributed by atoms with Crippen molar-refractivity contribution in [1.82, 2.24) is 10.6 Å². The van der Waals surface area contributed by atoms with Gasteiger partial charge in [0, 0.05) is 6.54 Å². The molecule has 0 bridgehead atoms. The van der Waals surface area contributed by atoms with Crippen molar-refractivity contribution in [1.29, 1.82) is 0 Å². The normalized spacial score (nSPS) is 9.89. The van der Waals surface area contributed by atoms with E-state index in [4.69, 9.17) is 11.6 Å². The van der Waals surface area contributed by atoms with Crippen LogP contribution in [-0.4, -0.2) is 30.8 Å². The molecule has 0 unspecified atom stereocenters. The third-order valence-corrected chi connectivity index (χ3v) is 2.63. The summed E-state index contributed by atoms with van der Waals surface area (Å²) < 4.78 is 0. The van der Waals surface area contributed by atoms with Crippen molar-refractivity contribution >= 4 is 23.4 Å². The van der Waals surface area contributed by atoms with Gasteiger partial charge in [0.2, 0.25) is 11.8 Å².